The van der Waals surface area contributed by atoms with Crippen molar-refractivity contribution >= 4 is 5.65 Å². The average molecular weight is 433 g/mol. The van der Waals surface area contributed by atoms with Crippen LogP contribution in [0.25, 0.3) is 16.9 Å². The van der Waals surface area contributed by atoms with E-state index in [1.807, 2.05) is 31.3 Å². The van der Waals surface area contributed by atoms with Crippen molar-refractivity contribution in [2.45, 2.75) is 38.1 Å². The Balaban J connectivity index is 1.99. The molecule has 3 aromatic rings. The standard InChI is InChI=1S/C21H22F3N5O2/c1-19(2,11-25)14-5-6-29-15(10-26-17(29)8-14)13-7-16(31-4)18(27-9-13)20(3,30)28-12-21(22,23)24/h5-10,28,30H,12H2,1-4H3. The highest BCUT2D eigenvalue weighted by molar-refractivity contribution is 5.65. The summed E-state index contributed by atoms with van der Waals surface area (Å²) in [6.45, 7) is 3.42. The lowest BCUT2D eigenvalue weighted by atomic mass is 9.87. The molecule has 0 aliphatic rings. The maximum Gasteiger partial charge on any atom is 0.401 e. The molecule has 31 heavy (non-hydrogen) atoms. The highest BCUT2D eigenvalue weighted by Gasteiger charge is 2.35. The van der Waals surface area contributed by atoms with Gasteiger partial charge in [-0.15, -0.1) is 0 Å². The highest BCUT2D eigenvalue weighted by Crippen LogP contribution is 2.32. The van der Waals surface area contributed by atoms with Crippen LogP contribution in [0.2, 0.25) is 0 Å². The first kappa shape index (κ1) is 22.5. The molecule has 3 heterocycles. The second-order valence-corrected chi connectivity index (χ2v) is 7.84. The van der Waals surface area contributed by atoms with Gasteiger partial charge >= 0.3 is 6.18 Å². The molecule has 1 unspecified atom stereocenters. The van der Waals surface area contributed by atoms with E-state index < -0.39 is 23.9 Å². The van der Waals surface area contributed by atoms with Crippen LogP contribution in [-0.4, -0.2) is 39.3 Å². The number of hydrogen-bond acceptors (Lipinski definition) is 6. The summed E-state index contributed by atoms with van der Waals surface area (Å²) >= 11 is 0. The van der Waals surface area contributed by atoms with Crippen LogP contribution in [0.3, 0.4) is 0 Å². The number of nitriles is 1. The van der Waals surface area contributed by atoms with E-state index in [0.717, 1.165) is 5.56 Å². The van der Waals surface area contributed by atoms with Crippen LogP contribution in [0.1, 0.15) is 32.0 Å². The fourth-order valence-corrected chi connectivity index (χ4v) is 3.11. The van der Waals surface area contributed by atoms with Crippen molar-refractivity contribution in [1.29, 1.82) is 5.26 Å². The minimum absolute atomic E-state index is 0.0742. The first-order valence-corrected chi connectivity index (χ1v) is 9.36. The van der Waals surface area contributed by atoms with E-state index in [1.165, 1.54) is 20.2 Å². The van der Waals surface area contributed by atoms with E-state index >= 15 is 0 Å². The molecule has 0 saturated heterocycles. The van der Waals surface area contributed by atoms with Crippen molar-refractivity contribution in [3.8, 4) is 23.1 Å². The number of aromatic nitrogens is 3. The van der Waals surface area contributed by atoms with Crippen molar-refractivity contribution in [1.82, 2.24) is 19.7 Å². The molecular formula is C21H22F3N5O2. The van der Waals surface area contributed by atoms with Crippen molar-refractivity contribution < 1.29 is 23.0 Å². The Morgan fingerprint density at radius 1 is 1.19 bits per heavy atom. The summed E-state index contributed by atoms with van der Waals surface area (Å²) in [6.07, 6.45) is 0.340. The number of hydrogen-bond donors (Lipinski definition) is 2. The molecule has 0 fully saturated rings. The summed E-state index contributed by atoms with van der Waals surface area (Å²) in [6, 6.07) is 7.47. The molecule has 0 spiro atoms. The third-order valence-electron chi connectivity index (χ3n) is 4.98. The SMILES string of the molecule is COc1cc(-c2cnc3cc(C(C)(C)C#N)ccn23)cnc1C(C)(O)NCC(F)(F)F. The van der Waals surface area contributed by atoms with Crippen LogP contribution in [0, 0.1) is 11.3 Å². The van der Waals surface area contributed by atoms with Gasteiger partial charge in [0.05, 0.1) is 37.0 Å². The summed E-state index contributed by atoms with van der Waals surface area (Å²) in [5.74, 6) is 0.120. The molecule has 0 amide bonds. The highest BCUT2D eigenvalue weighted by atomic mass is 19.4. The zero-order valence-corrected chi connectivity index (χ0v) is 17.4. The van der Waals surface area contributed by atoms with E-state index in [9.17, 15) is 23.5 Å². The second kappa shape index (κ2) is 7.83. The molecule has 3 rings (SSSR count). The molecule has 3 aromatic heterocycles. The van der Waals surface area contributed by atoms with Gasteiger partial charge < -0.3 is 9.84 Å². The molecule has 0 saturated carbocycles. The molecular weight excluding hydrogens is 411 g/mol. The largest absolute Gasteiger partial charge is 0.495 e. The average Bonchev–Trinajstić information content (AvgIpc) is 3.14. The molecule has 2 N–H and O–H groups in total. The number of fused-ring (bicyclic) bond motifs is 1. The molecule has 0 aliphatic heterocycles. The van der Waals surface area contributed by atoms with Gasteiger partial charge in [-0.3, -0.25) is 14.7 Å². The zero-order valence-electron chi connectivity index (χ0n) is 17.4. The molecule has 0 bridgehead atoms. The summed E-state index contributed by atoms with van der Waals surface area (Å²) in [7, 11) is 1.34. The van der Waals surface area contributed by atoms with Gasteiger partial charge in [0.15, 0.2) is 5.72 Å². The first-order valence-electron chi connectivity index (χ1n) is 9.36. The summed E-state index contributed by atoms with van der Waals surface area (Å²) < 4.78 is 44.7. The Labute approximate surface area is 177 Å². The van der Waals surface area contributed by atoms with Crippen LogP contribution in [0.5, 0.6) is 5.75 Å². The summed E-state index contributed by atoms with van der Waals surface area (Å²) in [4.78, 5) is 8.55. The first-order chi connectivity index (χ1) is 14.4. The Kier molecular flexibility index (Phi) is 5.69. The van der Waals surface area contributed by atoms with Crippen LogP contribution in [0.15, 0.2) is 36.8 Å². The maximum atomic E-state index is 12.6. The van der Waals surface area contributed by atoms with Crippen LogP contribution >= 0.6 is 0 Å². The molecule has 0 aliphatic carbocycles. The van der Waals surface area contributed by atoms with Gasteiger partial charge in [0.25, 0.3) is 0 Å². The molecule has 0 aromatic carbocycles. The fraction of sp³-hybridized carbons (Fsp3) is 0.381. The number of halogens is 3. The lowest BCUT2D eigenvalue weighted by Crippen LogP contribution is -2.45. The monoisotopic (exact) mass is 433 g/mol. The van der Waals surface area contributed by atoms with Crippen LogP contribution in [0.4, 0.5) is 13.2 Å². The second-order valence-electron chi connectivity index (χ2n) is 7.84. The van der Waals surface area contributed by atoms with E-state index in [4.69, 9.17) is 4.74 Å². The predicted molar refractivity (Wildman–Crippen MR) is 107 cm³/mol. The number of nitrogens with zero attached hydrogens (tertiary/aromatic N) is 4. The number of rotatable bonds is 6. The Hall–Kier alpha value is -3.16. The molecule has 0 radical (unpaired) electrons. The van der Waals surface area contributed by atoms with Gasteiger partial charge in [-0.2, -0.15) is 18.4 Å². The van der Waals surface area contributed by atoms with Crippen LogP contribution in [-0.2, 0) is 11.1 Å². The minimum atomic E-state index is -4.49. The van der Waals surface area contributed by atoms with E-state index in [1.54, 1.807) is 22.9 Å². The van der Waals surface area contributed by atoms with Gasteiger partial charge in [0.2, 0.25) is 0 Å². The molecule has 1 atom stereocenters. The normalized spacial score (nSPS) is 14.3. The predicted octanol–water partition coefficient (Wildman–Crippen LogP) is 3.52. The third kappa shape index (κ3) is 4.62. The number of ether oxygens (including phenoxy) is 1. The number of imidazole rings is 1. The van der Waals surface area contributed by atoms with Gasteiger partial charge in [0, 0.05) is 18.0 Å². The third-order valence-corrected chi connectivity index (χ3v) is 4.98. The van der Waals surface area contributed by atoms with Gasteiger partial charge in [0.1, 0.15) is 17.1 Å². The quantitative estimate of drug-likeness (QED) is 0.578. The minimum Gasteiger partial charge on any atom is -0.495 e. The van der Waals surface area contributed by atoms with Crippen molar-refractivity contribution in [3.63, 3.8) is 0 Å². The van der Waals surface area contributed by atoms with Crippen molar-refractivity contribution in [2.24, 2.45) is 0 Å². The Bertz CT molecular complexity index is 1150. The zero-order chi connectivity index (χ0) is 23.0. The van der Waals surface area contributed by atoms with E-state index in [-0.39, 0.29) is 11.4 Å². The molecule has 7 nitrogen and oxygen atoms in total. The maximum absolute atomic E-state index is 12.6. The van der Waals surface area contributed by atoms with E-state index in [2.05, 4.69) is 16.0 Å². The Morgan fingerprint density at radius 2 is 1.90 bits per heavy atom. The number of pyridine rings is 2. The number of aliphatic hydroxyl groups is 1. The lowest BCUT2D eigenvalue weighted by molar-refractivity contribution is -0.140. The van der Waals surface area contributed by atoms with Gasteiger partial charge in [-0.25, -0.2) is 4.98 Å². The lowest BCUT2D eigenvalue weighted by Gasteiger charge is -2.26. The summed E-state index contributed by atoms with van der Waals surface area (Å²) in [5.41, 5.74) is -0.111. The van der Waals surface area contributed by atoms with Gasteiger partial charge in [-0.1, -0.05) is 0 Å². The van der Waals surface area contributed by atoms with Crippen LogP contribution < -0.4 is 10.1 Å². The number of alkyl halides is 3. The molecule has 164 valence electrons. The van der Waals surface area contributed by atoms with Crippen molar-refractivity contribution in [2.75, 3.05) is 13.7 Å². The fourth-order valence-electron chi connectivity index (χ4n) is 3.11. The summed E-state index contributed by atoms with van der Waals surface area (Å²) in [5, 5.41) is 21.9. The topological polar surface area (TPSA) is 95.5 Å². The number of nitrogens with one attached hydrogen (secondary N) is 1. The molecule has 10 heteroatoms. The Morgan fingerprint density at radius 3 is 2.52 bits per heavy atom. The number of methoxy groups -OCH3 is 1. The smallest absolute Gasteiger partial charge is 0.401 e. The van der Waals surface area contributed by atoms with Gasteiger partial charge in [-0.05, 0) is 44.5 Å². The van der Waals surface area contributed by atoms with E-state index in [0.29, 0.717) is 16.9 Å². The van der Waals surface area contributed by atoms with Crippen molar-refractivity contribution in [3.05, 3.63) is 48.0 Å².